The van der Waals surface area contributed by atoms with E-state index in [9.17, 15) is 4.79 Å². The van der Waals surface area contributed by atoms with Crippen molar-refractivity contribution in [3.05, 3.63) is 18.0 Å². The van der Waals surface area contributed by atoms with Gasteiger partial charge in [-0.25, -0.2) is 4.79 Å². The van der Waals surface area contributed by atoms with Crippen molar-refractivity contribution in [3.63, 3.8) is 0 Å². The monoisotopic (exact) mass is 241 g/mol. The number of nitrogens with zero attached hydrogens (tertiary/aromatic N) is 2. The Bertz CT molecular complexity index is 365. The van der Waals surface area contributed by atoms with E-state index in [1.165, 1.54) is 0 Å². The molecule has 0 aliphatic carbocycles. The first-order valence-corrected chi connectivity index (χ1v) is 5.57. The summed E-state index contributed by atoms with van der Waals surface area (Å²) in [5.74, 6) is -0.467. The van der Waals surface area contributed by atoms with Crippen LogP contribution in [-0.2, 0) is 21.3 Å². The Morgan fingerprint density at radius 3 is 2.88 bits per heavy atom. The van der Waals surface area contributed by atoms with Gasteiger partial charge in [0.15, 0.2) is 0 Å². The number of hydrogen-bond acceptors (Lipinski definition) is 5. The third kappa shape index (κ3) is 4.16. The number of carbonyl (C=O) groups is 1. The molecule has 96 valence electrons. The zero-order valence-electron chi connectivity index (χ0n) is 10.4. The number of aromatic nitrogens is 2. The van der Waals surface area contributed by atoms with E-state index in [1.54, 1.807) is 31.0 Å². The Balaban J connectivity index is 2.47. The van der Waals surface area contributed by atoms with Crippen molar-refractivity contribution in [2.45, 2.75) is 26.0 Å². The molecular weight excluding hydrogens is 222 g/mol. The Morgan fingerprint density at radius 1 is 1.65 bits per heavy atom. The molecular formula is C11H19N3O3. The second-order valence-electron chi connectivity index (χ2n) is 3.83. The topological polar surface area (TPSA) is 79.4 Å². The maximum atomic E-state index is 11.7. The summed E-state index contributed by atoms with van der Waals surface area (Å²) in [5.41, 5.74) is 6.40. The minimum absolute atomic E-state index is 0.301. The van der Waals surface area contributed by atoms with Crippen LogP contribution in [-0.4, -0.2) is 35.1 Å². The molecule has 0 spiro atoms. The number of carbonyl (C=O) groups excluding carboxylic acids is 1. The molecule has 1 aromatic heterocycles. The maximum Gasteiger partial charge on any atom is 0.328 e. The SMILES string of the molecule is CCOCC(C)OC(=O)C(N)c1cnn(C)c1. The molecule has 2 unspecified atom stereocenters. The molecule has 0 aliphatic heterocycles. The third-order valence-electron chi connectivity index (χ3n) is 2.21. The van der Waals surface area contributed by atoms with Crippen molar-refractivity contribution < 1.29 is 14.3 Å². The van der Waals surface area contributed by atoms with Crippen LogP contribution in [0.4, 0.5) is 0 Å². The lowest BCUT2D eigenvalue weighted by Crippen LogP contribution is -2.28. The molecule has 1 heterocycles. The first kappa shape index (κ1) is 13.7. The van der Waals surface area contributed by atoms with Gasteiger partial charge in [-0.1, -0.05) is 0 Å². The van der Waals surface area contributed by atoms with Gasteiger partial charge in [-0.15, -0.1) is 0 Å². The van der Waals surface area contributed by atoms with Crippen LogP contribution < -0.4 is 5.73 Å². The number of ether oxygens (including phenoxy) is 2. The van der Waals surface area contributed by atoms with E-state index in [0.717, 1.165) is 0 Å². The lowest BCUT2D eigenvalue weighted by atomic mass is 10.2. The van der Waals surface area contributed by atoms with Crippen molar-refractivity contribution in [2.24, 2.45) is 12.8 Å². The van der Waals surface area contributed by atoms with Crippen LogP contribution in [0.25, 0.3) is 0 Å². The van der Waals surface area contributed by atoms with Crippen molar-refractivity contribution >= 4 is 5.97 Å². The first-order chi connectivity index (χ1) is 8.04. The summed E-state index contributed by atoms with van der Waals surface area (Å²) in [4.78, 5) is 11.7. The van der Waals surface area contributed by atoms with Crippen molar-refractivity contribution in [3.8, 4) is 0 Å². The van der Waals surface area contributed by atoms with Gasteiger partial charge in [0.1, 0.15) is 12.1 Å². The average molecular weight is 241 g/mol. The van der Waals surface area contributed by atoms with Crippen LogP contribution in [0.5, 0.6) is 0 Å². The van der Waals surface area contributed by atoms with Gasteiger partial charge in [-0.2, -0.15) is 5.10 Å². The van der Waals surface area contributed by atoms with Gasteiger partial charge in [-0.3, -0.25) is 4.68 Å². The Kier molecular flexibility index (Phi) is 5.11. The molecule has 1 rings (SSSR count). The molecule has 0 saturated carbocycles. The van der Waals surface area contributed by atoms with Crippen LogP contribution in [0.1, 0.15) is 25.5 Å². The van der Waals surface area contributed by atoms with Gasteiger partial charge in [0.2, 0.25) is 0 Å². The summed E-state index contributed by atoms with van der Waals surface area (Å²) in [6.07, 6.45) is 2.95. The molecule has 0 amide bonds. The van der Waals surface area contributed by atoms with E-state index in [4.69, 9.17) is 15.2 Å². The highest BCUT2D eigenvalue weighted by molar-refractivity contribution is 5.77. The van der Waals surface area contributed by atoms with Gasteiger partial charge in [-0.05, 0) is 13.8 Å². The zero-order chi connectivity index (χ0) is 12.8. The fraction of sp³-hybridized carbons (Fsp3) is 0.636. The number of aryl methyl sites for hydroxylation is 1. The summed E-state index contributed by atoms with van der Waals surface area (Å²) >= 11 is 0. The van der Waals surface area contributed by atoms with Gasteiger partial charge in [0.25, 0.3) is 0 Å². The lowest BCUT2D eigenvalue weighted by molar-refractivity contribution is -0.152. The highest BCUT2D eigenvalue weighted by Gasteiger charge is 2.21. The molecule has 2 atom stereocenters. The van der Waals surface area contributed by atoms with Crippen molar-refractivity contribution in [2.75, 3.05) is 13.2 Å². The standard InChI is InChI=1S/C11H19N3O3/c1-4-16-7-8(2)17-11(15)10(12)9-5-13-14(3)6-9/h5-6,8,10H,4,7,12H2,1-3H3. The Labute approximate surface area is 101 Å². The van der Waals surface area contributed by atoms with Crippen LogP contribution in [0.15, 0.2) is 12.4 Å². The minimum Gasteiger partial charge on any atom is -0.459 e. The van der Waals surface area contributed by atoms with E-state index in [-0.39, 0.29) is 6.10 Å². The molecule has 0 saturated heterocycles. The van der Waals surface area contributed by atoms with Crippen LogP contribution in [0.3, 0.4) is 0 Å². The maximum absolute atomic E-state index is 11.7. The summed E-state index contributed by atoms with van der Waals surface area (Å²) in [6.45, 7) is 4.62. The highest BCUT2D eigenvalue weighted by atomic mass is 16.6. The molecule has 0 aliphatic rings. The van der Waals surface area contributed by atoms with Gasteiger partial charge in [0.05, 0.1) is 12.8 Å². The molecule has 6 heteroatoms. The number of nitrogens with two attached hydrogens (primary N) is 1. The zero-order valence-corrected chi connectivity index (χ0v) is 10.4. The first-order valence-electron chi connectivity index (χ1n) is 5.57. The predicted octanol–water partition coefficient (Wildman–Crippen LogP) is 0.388. The van der Waals surface area contributed by atoms with E-state index in [0.29, 0.717) is 18.8 Å². The third-order valence-corrected chi connectivity index (χ3v) is 2.21. The summed E-state index contributed by atoms with van der Waals surface area (Å²) < 4.78 is 11.9. The largest absolute Gasteiger partial charge is 0.459 e. The average Bonchev–Trinajstić information content (AvgIpc) is 2.72. The van der Waals surface area contributed by atoms with Crippen molar-refractivity contribution in [1.29, 1.82) is 0 Å². The second-order valence-corrected chi connectivity index (χ2v) is 3.83. The molecule has 1 aromatic rings. The Morgan fingerprint density at radius 2 is 2.35 bits per heavy atom. The molecule has 0 aromatic carbocycles. The molecule has 6 nitrogen and oxygen atoms in total. The van der Waals surface area contributed by atoms with E-state index < -0.39 is 12.0 Å². The molecule has 0 radical (unpaired) electrons. The van der Waals surface area contributed by atoms with Crippen LogP contribution in [0, 0.1) is 0 Å². The van der Waals surface area contributed by atoms with Crippen LogP contribution in [0.2, 0.25) is 0 Å². The number of rotatable bonds is 6. The molecule has 17 heavy (non-hydrogen) atoms. The number of esters is 1. The van der Waals surface area contributed by atoms with E-state index in [1.807, 2.05) is 6.92 Å². The van der Waals surface area contributed by atoms with Gasteiger partial charge in [0, 0.05) is 25.4 Å². The summed E-state index contributed by atoms with van der Waals surface area (Å²) in [7, 11) is 1.76. The fourth-order valence-electron chi connectivity index (χ4n) is 1.33. The smallest absolute Gasteiger partial charge is 0.328 e. The van der Waals surface area contributed by atoms with Gasteiger partial charge < -0.3 is 15.2 Å². The molecule has 0 bridgehead atoms. The minimum atomic E-state index is -0.798. The van der Waals surface area contributed by atoms with Gasteiger partial charge >= 0.3 is 5.97 Å². The highest BCUT2D eigenvalue weighted by Crippen LogP contribution is 2.11. The normalized spacial score (nSPS) is 14.4. The number of hydrogen-bond donors (Lipinski definition) is 1. The fourth-order valence-corrected chi connectivity index (χ4v) is 1.33. The summed E-state index contributed by atoms with van der Waals surface area (Å²) in [6, 6.07) is -0.798. The van der Waals surface area contributed by atoms with Crippen molar-refractivity contribution in [1.82, 2.24) is 9.78 Å². The quantitative estimate of drug-likeness (QED) is 0.729. The molecule has 2 N–H and O–H groups in total. The molecule has 0 fully saturated rings. The Hall–Kier alpha value is -1.40. The lowest BCUT2D eigenvalue weighted by Gasteiger charge is -2.15. The van der Waals surface area contributed by atoms with Crippen LogP contribution >= 0.6 is 0 Å². The predicted molar refractivity (Wildman–Crippen MR) is 62.2 cm³/mol. The summed E-state index contributed by atoms with van der Waals surface area (Å²) in [5, 5.41) is 3.95. The van der Waals surface area contributed by atoms with E-state index >= 15 is 0 Å². The second kappa shape index (κ2) is 6.36. The van der Waals surface area contributed by atoms with E-state index in [2.05, 4.69) is 5.10 Å².